The number of hydrogen-bond acceptors (Lipinski definition) is 3. The van der Waals surface area contributed by atoms with Crippen LogP contribution in [0.25, 0.3) is 0 Å². The van der Waals surface area contributed by atoms with Gasteiger partial charge in [0.25, 0.3) is 0 Å². The van der Waals surface area contributed by atoms with Gasteiger partial charge in [-0.2, -0.15) is 0 Å². The van der Waals surface area contributed by atoms with Crippen molar-refractivity contribution in [1.82, 2.24) is 4.90 Å². The maximum Gasteiger partial charge on any atom is 0.0805 e. The molecule has 0 spiro atoms. The second-order valence-corrected chi connectivity index (χ2v) is 6.98. The molecule has 1 unspecified atom stereocenters. The summed E-state index contributed by atoms with van der Waals surface area (Å²) in [6.45, 7) is 2.79. The third-order valence-electron chi connectivity index (χ3n) is 3.73. The lowest BCUT2D eigenvalue weighted by atomic mass is 9.88. The molecule has 0 N–H and O–H groups in total. The molecule has 2 aromatic rings. The predicted octanol–water partition coefficient (Wildman–Crippen LogP) is 4.13. The minimum absolute atomic E-state index is 0.433. The maximum absolute atomic E-state index is 6.00. The standard InChI is InChI=1S/C16H18ClNOS/c1-18-8-15(11-3-5-12(17)6-4-11)14-7-13(10-19-2)20-16(14)9-18/h3-7,15H,8-10H2,1-2H3. The van der Waals surface area contributed by atoms with Crippen LogP contribution in [0.5, 0.6) is 0 Å². The number of thiophene rings is 1. The van der Waals surface area contributed by atoms with Crippen LogP contribution in [0.3, 0.4) is 0 Å². The van der Waals surface area contributed by atoms with E-state index in [4.69, 9.17) is 16.3 Å². The molecule has 2 heterocycles. The van der Waals surface area contributed by atoms with Crippen molar-refractivity contribution in [1.29, 1.82) is 0 Å². The lowest BCUT2D eigenvalue weighted by Gasteiger charge is -2.30. The zero-order valence-electron chi connectivity index (χ0n) is 11.7. The first-order chi connectivity index (χ1) is 9.67. The van der Waals surface area contributed by atoms with Gasteiger partial charge in [-0.05, 0) is 36.4 Å². The molecule has 3 rings (SSSR count). The molecule has 0 saturated heterocycles. The van der Waals surface area contributed by atoms with Crippen LogP contribution in [0.4, 0.5) is 0 Å². The van der Waals surface area contributed by atoms with Crippen LogP contribution >= 0.6 is 22.9 Å². The average Bonchev–Trinajstić information content (AvgIpc) is 2.81. The van der Waals surface area contributed by atoms with Crippen molar-refractivity contribution in [2.75, 3.05) is 20.7 Å². The van der Waals surface area contributed by atoms with Crippen molar-refractivity contribution in [3.63, 3.8) is 0 Å². The summed E-state index contributed by atoms with van der Waals surface area (Å²) in [5, 5.41) is 0.795. The van der Waals surface area contributed by atoms with Crippen molar-refractivity contribution in [3.8, 4) is 0 Å². The molecule has 1 aliphatic heterocycles. The Morgan fingerprint density at radius 2 is 2.10 bits per heavy atom. The number of rotatable bonds is 3. The lowest BCUT2D eigenvalue weighted by Crippen LogP contribution is -2.29. The zero-order chi connectivity index (χ0) is 14.1. The summed E-state index contributed by atoms with van der Waals surface area (Å²) < 4.78 is 5.27. The van der Waals surface area contributed by atoms with Crippen LogP contribution < -0.4 is 0 Å². The number of halogens is 1. The molecule has 1 aliphatic rings. The molecular weight excluding hydrogens is 290 g/mol. The molecule has 0 radical (unpaired) electrons. The van der Waals surface area contributed by atoms with E-state index in [1.54, 1.807) is 7.11 Å². The van der Waals surface area contributed by atoms with Crippen LogP contribution in [0, 0.1) is 0 Å². The van der Waals surface area contributed by atoms with Crippen LogP contribution in [0.15, 0.2) is 30.3 Å². The van der Waals surface area contributed by atoms with E-state index in [0.717, 1.165) is 18.1 Å². The number of hydrogen-bond donors (Lipinski definition) is 0. The van der Waals surface area contributed by atoms with Crippen molar-refractivity contribution in [2.45, 2.75) is 19.1 Å². The van der Waals surface area contributed by atoms with Gasteiger partial charge in [0.15, 0.2) is 0 Å². The van der Waals surface area contributed by atoms with E-state index in [0.29, 0.717) is 12.5 Å². The lowest BCUT2D eigenvalue weighted by molar-refractivity contribution is 0.187. The van der Waals surface area contributed by atoms with Gasteiger partial charge < -0.3 is 9.64 Å². The molecule has 0 saturated carbocycles. The quantitative estimate of drug-likeness (QED) is 0.845. The fourth-order valence-electron chi connectivity index (χ4n) is 2.83. The van der Waals surface area contributed by atoms with Gasteiger partial charge in [-0.15, -0.1) is 11.3 Å². The van der Waals surface area contributed by atoms with E-state index in [9.17, 15) is 0 Å². The van der Waals surface area contributed by atoms with Gasteiger partial charge in [0.05, 0.1) is 6.61 Å². The Balaban J connectivity index is 1.98. The van der Waals surface area contributed by atoms with E-state index in [1.807, 2.05) is 23.5 Å². The molecule has 0 amide bonds. The van der Waals surface area contributed by atoms with Crippen molar-refractivity contribution >= 4 is 22.9 Å². The van der Waals surface area contributed by atoms with Crippen LogP contribution in [-0.2, 0) is 17.9 Å². The Bertz CT molecular complexity index is 593. The zero-order valence-corrected chi connectivity index (χ0v) is 13.3. The second kappa shape index (κ2) is 5.86. The largest absolute Gasteiger partial charge is 0.379 e. The molecule has 2 nitrogen and oxygen atoms in total. The molecular formula is C16H18ClNOS. The second-order valence-electron chi connectivity index (χ2n) is 5.33. The Kier molecular flexibility index (Phi) is 4.13. The number of methoxy groups -OCH3 is 1. The highest BCUT2D eigenvalue weighted by atomic mass is 35.5. The minimum Gasteiger partial charge on any atom is -0.379 e. The Morgan fingerprint density at radius 1 is 1.35 bits per heavy atom. The van der Waals surface area contributed by atoms with Gasteiger partial charge in [0, 0.05) is 40.9 Å². The maximum atomic E-state index is 6.00. The third kappa shape index (κ3) is 2.77. The summed E-state index contributed by atoms with van der Waals surface area (Å²) in [7, 11) is 3.93. The van der Waals surface area contributed by atoms with Gasteiger partial charge in [0.2, 0.25) is 0 Å². The summed E-state index contributed by atoms with van der Waals surface area (Å²) in [5.74, 6) is 0.433. The molecule has 0 aliphatic carbocycles. The van der Waals surface area contributed by atoms with Gasteiger partial charge in [-0.1, -0.05) is 23.7 Å². The van der Waals surface area contributed by atoms with E-state index in [2.05, 4.69) is 30.1 Å². The first-order valence-electron chi connectivity index (χ1n) is 6.72. The third-order valence-corrected chi connectivity index (χ3v) is 5.10. The molecule has 0 bridgehead atoms. The monoisotopic (exact) mass is 307 g/mol. The molecule has 1 aromatic heterocycles. The average molecular weight is 308 g/mol. The Labute approximate surface area is 128 Å². The van der Waals surface area contributed by atoms with E-state index in [-0.39, 0.29) is 0 Å². The fraction of sp³-hybridized carbons (Fsp3) is 0.375. The number of nitrogens with zero attached hydrogens (tertiary/aromatic N) is 1. The predicted molar refractivity (Wildman–Crippen MR) is 84.7 cm³/mol. The van der Waals surface area contributed by atoms with Gasteiger partial charge in [-0.25, -0.2) is 0 Å². The summed E-state index contributed by atoms with van der Waals surface area (Å²) in [6, 6.07) is 10.6. The first kappa shape index (κ1) is 14.1. The van der Waals surface area contributed by atoms with Gasteiger partial charge in [0.1, 0.15) is 0 Å². The molecule has 1 atom stereocenters. The molecule has 0 fully saturated rings. The number of fused-ring (bicyclic) bond motifs is 1. The smallest absolute Gasteiger partial charge is 0.0805 e. The Morgan fingerprint density at radius 3 is 2.80 bits per heavy atom. The number of likely N-dealkylation sites (N-methyl/N-ethyl adjacent to an activating group) is 1. The minimum atomic E-state index is 0.433. The van der Waals surface area contributed by atoms with Crippen LogP contribution in [0.1, 0.15) is 26.8 Å². The van der Waals surface area contributed by atoms with E-state index < -0.39 is 0 Å². The molecule has 4 heteroatoms. The SMILES string of the molecule is COCc1cc2c(s1)CN(C)CC2c1ccc(Cl)cc1. The summed E-state index contributed by atoms with van der Waals surface area (Å²) in [4.78, 5) is 5.16. The van der Waals surface area contributed by atoms with Gasteiger partial charge >= 0.3 is 0 Å². The normalized spacial score (nSPS) is 19.1. The van der Waals surface area contributed by atoms with Crippen molar-refractivity contribution < 1.29 is 4.74 Å². The van der Waals surface area contributed by atoms with E-state index >= 15 is 0 Å². The first-order valence-corrected chi connectivity index (χ1v) is 7.91. The summed E-state index contributed by atoms with van der Waals surface area (Å²) in [6.07, 6.45) is 0. The summed E-state index contributed by atoms with van der Waals surface area (Å²) >= 11 is 7.87. The highest BCUT2D eigenvalue weighted by Gasteiger charge is 2.27. The van der Waals surface area contributed by atoms with Crippen molar-refractivity contribution in [2.24, 2.45) is 0 Å². The van der Waals surface area contributed by atoms with Gasteiger partial charge in [-0.3, -0.25) is 0 Å². The van der Waals surface area contributed by atoms with Crippen molar-refractivity contribution in [3.05, 3.63) is 56.2 Å². The summed E-state index contributed by atoms with van der Waals surface area (Å²) in [5.41, 5.74) is 2.80. The highest BCUT2D eigenvalue weighted by molar-refractivity contribution is 7.12. The molecule has 106 valence electrons. The molecule has 20 heavy (non-hydrogen) atoms. The number of benzene rings is 1. The highest BCUT2D eigenvalue weighted by Crippen LogP contribution is 2.38. The molecule has 1 aromatic carbocycles. The van der Waals surface area contributed by atoms with E-state index in [1.165, 1.54) is 20.9 Å². The number of ether oxygens (including phenoxy) is 1. The Hall–Kier alpha value is -0.870. The fourth-order valence-corrected chi connectivity index (χ4v) is 4.24. The van der Waals surface area contributed by atoms with Crippen LogP contribution in [-0.4, -0.2) is 25.6 Å². The van der Waals surface area contributed by atoms with Crippen LogP contribution in [0.2, 0.25) is 5.02 Å². The topological polar surface area (TPSA) is 12.5 Å².